The van der Waals surface area contributed by atoms with Crippen molar-refractivity contribution < 1.29 is 4.74 Å². The highest BCUT2D eigenvalue weighted by Gasteiger charge is 2.46. The van der Waals surface area contributed by atoms with Gasteiger partial charge in [0.15, 0.2) is 0 Å². The zero-order chi connectivity index (χ0) is 10.7. The van der Waals surface area contributed by atoms with Crippen LogP contribution in [0.1, 0.15) is 39.0 Å². The molecule has 2 saturated heterocycles. The van der Waals surface area contributed by atoms with E-state index in [1.54, 1.807) is 0 Å². The van der Waals surface area contributed by atoms with Crippen molar-refractivity contribution in [3.63, 3.8) is 0 Å². The molecule has 2 heterocycles. The van der Waals surface area contributed by atoms with Gasteiger partial charge >= 0.3 is 0 Å². The largest absolute Gasteiger partial charge is 0.352 e. The quantitative estimate of drug-likeness (QED) is 0.522. The summed E-state index contributed by atoms with van der Waals surface area (Å²) in [6.07, 6.45) is 9.53. The first-order chi connectivity index (χ1) is 7.36. The molecule has 0 aromatic carbocycles. The Labute approximate surface area is 93.3 Å². The van der Waals surface area contributed by atoms with Gasteiger partial charge in [0, 0.05) is 19.0 Å². The Balaban J connectivity index is 1.83. The van der Waals surface area contributed by atoms with Gasteiger partial charge in [0.2, 0.25) is 0 Å². The van der Waals surface area contributed by atoms with Crippen LogP contribution in [0.2, 0.25) is 0 Å². The molecule has 2 unspecified atom stereocenters. The molecule has 2 rings (SSSR count). The molecule has 0 N–H and O–H groups in total. The average molecular weight is 209 g/mol. The van der Waals surface area contributed by atoms with Crippen molar-refractivity contribution in [1.82, 2.24) is 4.90 Å². The molecule has 0 amide bonds. The van der Waals surface area contributed by atoms with Gasteiger partial charge < -0.3 is 4.74 Å². The first-order valence-electron chi connectivity index (χ1n) is 6.39. The summed E-state index contributed by atoms with van der Waals surface area (Å²) in [7, 11) is 0. The molecule has 2 nitrogen and oxygen atoms in total. The second kappa shape index (κ2) is 5.13. The van der Waals surface area contributed by atoms with Crippen LogP contribution in [0.25, 0.3) is 0 Å². The number of ether oxygens (including phenoxy) is 1. The lowest BCUT2D eigenvalue weighted by Gasteiger charge is -2.17. The van der Waals surface area contributed by atoms with Crippen molar-refractivity contribution in [3.05, 3.63) is 12.7 Å². The summed E-state index contributed by atoms with van der Waals surface area (Å²) in [6, 6.07) is 0. The number of nitrogens with zero attached hydrogens (tertiary/aromatic N) is 1. The molecule has 2 aliphatic rings. The molecule has 86 valence electrons. The fourth-order valence-electron chi connectivity index (χ4n) is 2.60. The fourth-order valence-corrected chi connectivity index (χ4v) is 2.60. The summed E-state index contributed by atoms with van der Waals surface area (Å²) >= 11 is 0. The van der Waals surface area contributed by atoms with E-state index in [4.69, 9.17) is 4.74 Å². The molecule has 2 aliphatic heterocycles. The molecule has 0 saturated carbocycles. The molecule has 2 heteroatoms. The predicted octanol–water partition coefficient (Wildman–Crippen LogP) is 2.80. The lowest BCUT2D eigenvalue weighted by atomic mass is 10.0. The Morgan fingerprint density at radius 1 is 1.33 bits per heavy atom. The van der Waals surface area contributed by atoms with Crippen LogP contribution in [0.4, 0.5) is 0 Å². The fraction of sp³-hybridized carbons (Fsp3) is 0.846. The molecule has 2 fully saturated rings. The number of hydrogen-bond donors (Lipinski definition) is 0. The highest BCUT2D eigenvalue weighted by atomic mass is 16.6. The highest BCUT2D eigenvalue weighted by molar-refractivity contribution is 4.97. The van der Waals surface area contributed by atoms with Crippen LogP contribution in [-0.2, 0) is 4.74 Å². The minimum atomic E-state index is 0.408. The molecular formula is C13H23NO. The second-order valence-electron chi connectivity index (χ2n) is 4.75. The van der Waals surface area contributed by atoms with E-state index in [9.17, 15) is 0 Å². The number of rotatable bonds is 4. The Kier molecular flexibility index (Phi) is 3.81. The first kappa shape index (κ1) is 11.2. The van der Waals surface area contributed by atoms with Crippen LogP contribution in [-0.4, -0.2) is 30.3 Å². The van der Waals surface area contributed by atoms with Crippen molar-refractivity contribution >= 4 is 0 Å². The number of likely N-dealkylation sites (tertiary alicyclic amines) is 1. The SMILES string of the molecule is C=C[C@@H](CC)C1OC1N1CCCCCC1. The van der Waals surface area contributed by atoms with Crippen molar-refractivity contribution in [2.75, 3.05) is 13.1 Å². The van der Waals surface area contributed by atoms with E-state index >= 15 is 0 Å². The standard InChI is InChI=1S/C13H23NO/c1-3-11(4-2)12-13(15-12)14-9-7-5-6-8-10-14/h3,11-13H,1,4-10H2,2H3/t11-,12?,13?/m0/s1. The first-order valence-corrected chi connectivity index (χ1v) is 6.39. The van der Waals surface area contributed by atoms with Crippen LogP contribution in [0.15, 0.2) is 12.7 Å². The lowest BCUT2D eigenvalue weighted by molar-refractivity contribution is 0.180. The maximum absolute atomic E-state index is 5.81. The maximum Gasteiger partial charge on any atom is 0.138 e. The zero-order valence-electron chi connectivity index (χ0n) is 9.82. The molecule has 0 radical (unpaired) electrons. The second-order valence-corrected chi connectivity index (χ2v) is 4.75. The lowest BCUT2D eigenvalue weighted by Crippen LogP contribution is -2.30. The van der Waals surface area contributed by atoms with Crippen LogP contribution < -0.4 is 0 Å². The maximum atomic E-state index is 5.81. The minimum absolute atomic E-state index is 0.408. The molecule has 3 atom stereocenters. The molecule has 0 aromatic rings. The average Bonchev–Trinajstić information content (AvgIpc) is 3.01. The van der Waals surface area contributed by atoms with E-state index < -0.39 is 0 Å². The van der Waals surface area contributed by atoms with Crippen LogP contribution in [0.3, 0.4) is 0 Å². The van der Waals surface area contributed by atoms with Gasteiger partial charge in [-0.05, 0) is 19.3 Å². The van der Waals surface area contributed by atoms with E-state index in [1.807, 2.05) is 0 Å². The van der Waals surface area contributed by atoms with Gasteiger partial charge in [-0.3, -0.25) is 4.90 Å². The Morgan fingerprint density at radius 2 is 2.00 bits per heavy atom. The van der Waals surface area contributed by atoms with Gasteiger partial charge in [-0.1, -0.05) is 25.8 Å². The Bertz CT molecular complexity index is 209. The summed E-state index contributed by atoms with van der Waals surface area (Å²) in [6.45, 7) is 8.57. The third-order valence-corrected chi connectivity index (χ3v) is 3.70. The smallest absolute Gasteiger partial charge is 0.138 e. The van der Waals surface area contributed by atoms with Crippen LogP contribution in [0, 0.1) is 5.92 Å². The molecule has 15 heavy (non-hydrogen) atoms. The van der Waals surface area contributed by atoms with Crippen LogP contribution >= 0.6 is 0 Å². The van der Waals surface area contributed by atoms with Crippen molar-refractivity contribution in [1.29, 1.82) is 0 Å². The normalized spacial score (nSPS) is 34.5. The van der Waals surface area contributed by atoms with Gasteiger partial charge in [0.25, 0.3) is 0 Å². The summed E-state index contributed by atoms with van der Waals surface area (Å²) < 4.78 is 5.81. The van der Waals surface area contributed by atoms with Gasteiger partial charge in [-0.25, -0.2) is 0 Å². The molecule has 0 bridgehead atoms. The summed E-state index contributed by atoms with van der Waals surface area (Å²) in [5.41, 5.74) is 0. The van der Waals surface area contributed by atoms with Gasteiger partial charge in [0.05, 0.1) is 0 Å². The number of epoxide rings is 1. The third-order valence-electron chi connectivity index (χ3n) is 3.70. The van der Waals surface area contributed by atoms with E-state index in [2.05, 4.69) is 24.5 Å². The van der Waals surface area contributed by atoms with E-state index in [1.165, 1.54) is 38.8 Å². The molecule has 0 aliphatic carbocycles. The Morgan fingerprint density at radius 3 is 2.53 bits per heavy atom. The molecular weight excluding hydrogens is 186 g/mol. The van der Waals surface area contributed by atoms with E-state index in [-0.39, 0.29) is 0 Å². The zero-order valence-corrected chi connectivity index (χ0v) is 9.82. The van der Waals surface area contributed by atoms with Crippen molar-refractivity contribution in [3.8, 4) is 0 Å². The van der Waals surface area contributed by atoms with E-state index in [0.717, 1.165) is 6.42 Å². The predicted molar refractivity (Wildman–Crippen MR) is 62.7 cm³/mol. The topological polar surface area (TPSA) is 15.8 Å². The van der Waals surface area contributed by atoms with Crippen molar-refractivity contribution in [2.45, 2.75) is 51.4 Å². The summed E-state index contributed by atoms with van der Waals surface area (Å²) in [4.78, 5) is 2.53. The Hall–Kier alpha value is -0.340. The van der Waals surface area contributed by atoms with Gasteiger partial charge in [-0.2, -0.15) is 0 Å². The minimum Gasteiger partial charge on any atom is -0.352 e. The summed E-state index contributed by atoms with van der Waals surface area (Å²) in [5.74, 6) is 0.554. The van der Waals surface area contributed by atoms with E-state index in [0.29, 0.717) is 18.2 Å². The van der Waals surface area contributed by atoms with Gasteiger partial charge in [-0.15, -0.1) is 6.58 Å². The number of hydrogen-bond acceptors (Lipinski definition) is 2. The third kappa shape index (κ3) is 2.61. The monoisotopic (exact) mass is 209 g/mol. The highest BCUT2D eigenvalue weighted by Crippen LogP contribution is 2.35. The molecule has 0 aromatic heterocycles. The van der Waals surface area contributed by atoms with Crippen LogP contribution in [0.5, 0.6) is 0 Å². The van der Waals surface area contributed by atoms with Gasteiger partial charge in [0.1, 0.15) is 12.3 Å². The summed E-state index contributed by atoms with van der Waals surface area (Å²) in [5, 5.41) is 0. The molecule has 0 spiro atoms. The van der Waals surface area contributed by atoms with Crippen molar-refractivity contribution in [2.24, 2.45) is 5.92 Å².